The minimum Gasteiger partial charge on any atom is -0.309 e. The summed E-state index contributed by atoms with van der Waals surface area (Å²) in [6, 6.07) is 15.8. The van der Waals surface area contributed by atoms with Gasteiger partial charge in [0, 0.05) is 29.1 Å². The molecule has 4 aromatic rings. The van der Waals surface area contributed by atoms with E-state index in [0.29, 0.717) is 12.1 Å². The third-order valence-corrected chi connectivity index (χ3v) is 8.12. The van der Waals surface area contributed by atoms with E-state index in [1.54, 1.807) is 23.7 Å². The highest BCUT2D eigenvalue weighted by molar-refractivity contribution is 7.18. The first-order valence-electron chi connectivity index (χ1n) is 11.2. The predicted molar refractivity (Wildman–Crippen MR) is 126 cm³/mol. The van der Waals surface area contributed by atoms with E-state index in [4.69, 9.17) is 4.98 Å². The van der Waals surface area contributed by atoms with Crippen LogP contribution in [0.5, 0.6) is 0 Å². The maximum Gasteiger partial charge on any atom is 0.262 e. The molecule has 4 nitrogen and oxygen atoms in total. The van der Waals surface area contributed by atoms with E-state index in [9.17, 15) is 9.18 Å². The molecule has 6 heteroatoms. The van der Waals surface area contributed by atoms with Crippen molar-refractivity contribution in [3.05, 3.63) is 98.2 Å². The molecule has 2 aliphatic rings. The number of nitrogens with zero attached hydrogens (tertiary/aromatic N) is 2. The summed E-state index contributed by atoms with van der Waals surface area (Å²) < 4.78 is 15.8. The second kappa shape index (κ2) is 7.94. The van der Waals surface area contributed by atoms with Gasteiger partial charge in [0.15, 0.2) is 0 Å². The van der Waals surface area contributed by atoms with E-state index in [-0.39, 0.29) is 23.5 Å². The summed E-state index contributed by atoms with van der Waals surface area (Å²) in [5.74, 6) is -0.169. The van der Waals surface area contributed by atoms with Crippen LogP contribution in [-0.2, 0) is 32.2 Å². The van der Waals surface area contributed by atoms with Gasteiger partial charge in [-0.05, 0) is 54.9 Å². The van der Waals surface area contributed by atoms with Crippen molar-refractivity contribution < 1.29 is 4.39 Å². The van der Waals surface area contributed by atoms with Crippen molar-refractivity contribution in [3.8, 4) is 0 Å². The standard InChI is InChI=1S/C26H24FN3OS/c27-22-8-4-3-7-18(22)14-28-19-9-10-21-23(13-19)32-25-24(21)26(31)30(15-29-25)20-11-16-5-1-2-6-17(16)12-20/h1-8,15,19-20,28H,9-14H2/t19-/m1/s1. The van der Waals surface area contributed by atoms with Gasteiger partial charge in [0.2, 0.25) is 0 Å². The van der Waals surface area contributed by atoms with Crippen LogP contribution < -0.4 is 10.9 Å². The number of aromatic nitrogens is 2. The van der Waals surface area contributed by atoms with Crippen molar-refractivity contribution in [2.45, 2.75) is 50.7 Å². The molecule has 0 saturated carbocycles. The highest BCUT2D eigenvalue weighted by atomic mass is 32.1. The van der Waals surface area contributed by atoms with Gasteiger partial charge in [0.25, 0.3) is 5.56 Å². The number of hydrogen-bond acceptors (Lipinski definition) is 4. The van der Waals surface area contributed by atoms with Gasteiger partial charge in [-0.3, -0.25) is 9.36 Å². The van der Waals surface area contributed by atoms with Crippen molar-refractivity contribution in [3.63, 3.8) is 0 Å². The lowest BCUT2D eigenvalue weighted by Gasteiger charge is -2.23. The van der Waals surface area contributed by atoms with Gasteiger partial charge in [-0.1, -0.05) is 42.5 Å². The number of halogens is 1. The topological polar surface area (TPSA) is 46.9 Å². The fraction of sp³-hybridized carbons (Fsp3) is 0.308. The Kier molecular flexibility index (Phi) is 4.92. The summed E-state index contributed by atoms with van der Waals surface area (Å²) in [5.41, 5.74) is 4.64. The molecule has 6 rings (SSSR count). The molecule has 2 aromatic carbocycles. The van der Waals surface area contributed by atoms with Crippen molar-refractivity contribution in [1.82, 2.24) is 14.9 Å². The molecule has 0 radical (unpaired) electrons. The van der Waals surface area contributed by atoms with Gasteiger partial charge in [0.05, 0.1) is 11.7 Å². The van der Waals surface area contributed by atoms with Gasteiger partial charge >= 0.3 is 0 Å². The fourth-order valence-corrected chi connectivity index (χ4v) is 6.50. The van der Waals surface area contributed by atoms with Crippen LogP contribution in [0.2, 0.25) is 0 Å². The molecule has 1 N–H and O–H groups in total. The molecule has 0 unspecified atom stereocenters. The molecule has 0 spiro atoms. The Labute approximate surface area is 189 Å². The zero-order valence-electron chi connectivity index (χ0n) is 17.7. The monoisotopic (exact) mass is 445 g/mol. The Morgan fingerprint density at radius 3 is 2.59 bits per heavy atom. The molecule has 2 aromatic heterocycles. The molecule has 162 valence electrons. The normalized spacial score (nSPS) is 18.1. The second-order valence-corrected chi connectivity index (χ2v) is 9.97. The summed E-state index contributed by atoms with van der Waals surface area (Å²) >= 11 is 1.64. The number of benzene rings is 2. The quantitative estimate of drug-likeness (QED) is 0.500. The molecule has 0 bridgehead atoms. The average molecular weight is 446 g/mol. The van der Waals surface area contributed by atoms with Crippen LogP contribution >= 0.6 is 11.3 Å². The molecule has 2 aliphatic carbocycles. The van der Waals surface area contributed by atoms with Crippen molar-refractivity contribution in [1.29, 1.82) is 0 Å². The fourth-order valence-electron chi connectivity index (χ4n) is 5.24. The summed E-state index contributed by atoms with van der Waals surface area (Å²) in [7, 11) is 0. The SMILES string of the molecule is O=c1c2c3c(sc2ncn1C1Cc2ccccc2C1)C[C@H](NCc1ccccc1F)CC3. The molecule has 32 heavy (non-hydrogen) atoms. The van der Waals surface area contributed by atoms with Gasteiger partial charge in [-0.2, -0.15) is 0 Å². The zero-order chi connectivity index (χ0) is 21.7. The number of rotatable bonds is 4. The first kappa shape index (κ1) is 19.8. The molecule has 0 fully saturated rings. The molecule has 1 atom stereocenters. The highest BCUT2D eigenvalue weighted by Gasteiger charge is 2.28. The van der Waals surface area contributed by atoms with Crippen LogP contribution in [0.25, 0.3) is 10.2 Å². The Morgan fingerprint density at radius 1 is 1.06 bits per heavy atom. The summed E-state index contributed by atoms with van der Waals surface area (Å²) in [5, 5.41) is 4.32. The Balaban J connectivity index is 1.25. The highest BCUT2D eigenvalue weighted by Crippen LogP contribution is 2.35. The Hall–Kier alpha value is -2.83. The van der Waals surface area contributed by atoms with Crippen LogP contribution in [0, 0.1) is 5.82 Å². The Bertz CT molecular complexity index is 1350. The Morgan fingerprint density at radius 2 is 1.81 bits per heavy atom. The number of fused-ring (bicyclic) bond motifs is 4. The van der Waals surface area contributed by atoms with E-state index < -0.39 is 0 Å². The lowest BCUT2D eigenvalue weighted by atomic mass is 9.93. The maximum absolute atomic E-state index is 13.9. The number of hydrogen-bond donors (Lipinski definition) is 1. The van der Waals surface area contributed by atoms with Crippen molar-refractivity contribution in [2.75, 3.05) is 0 Å². The van der Waals surface area contributed by atoms with E-state index in [2.05, 4.69) is 29.6 Å². The van der Waals surface area contributed by atoms with Crippen LogP contribution in [0.1, 0.15) is 39.6 Å². The number of aryl methyl sites for hydroxylation is 1. The van der Waals surface area contributed by atoms with Crippen molar-refractivity contribution >= 4 is 21.6 Å². The first-order chi connectivity index (χ1) is 15.7. The zero-order valence-corrected chi connectivity index (χ0v) is 18.5. The third kappa shape index (κ3) is 3.38. The summed E-state index contributed by atoms with van der Waals surface area (Å²) in [6.07, 6.45) is 6.18. The maximum atomic E-state index is 13.9. The minimum atomic E-state index is -0.169. The average Bonchev–Trinajstić information content (AvgIpc) is 3.40. The van der Waals surface area contributed by atoms with E-state index >= 15 is 0 Å². The van der Waals surface area contributed by atoms with Crippen LogP contribution in [-0.4, -0.2) is 15.6 Å². The number of nitrogens with one attached hydrogen (secondary N) is 1. The molecule has 0 saturated heterocycles. The van der Waals surface area contributed by atoms with Gasteiger partial charge in [-0.25, -0.2) is 9.37 Å². The lowest BCUT2D eigenvalue weighted by molar-refractivity contribution is 0.455. The van der Waals surface area contributed by atoms with Crippen LogP contribution in [0.4, 0.5) is 4.39 Å². The van der Waals surface area contributed by atoms with E-state index in [0.717, 1.165) is 42.3 Å². The molecule has 2 heterocycles. The number of thiophene rings is 1. The lowest BCUT2D eigenvalue weighted by Crippen LogP contribution is -2.34. The molecular formula is C26H24FN3OS. The van der Waals surface area contributed by atoms with Crippen LogP contribution in [0.3, 0.4) is 0 Å². The summed E-state index contributed by atoms with van der Waals surface area (Å²) in [4.78, 5) is 20.3. The van der Waals surface area contributed by atoms with Gasteiger partial charge < -0.3 is 5.32 Å². The smallest absolute Gasteiger partial charge is 0.262 e. The predicted octanol–water partition coefficient (Wildman–Crippen LogP) is 4.58. The largest absolute Gasteiger partial charge is 0.309 e. The van der Waals surface area contributed by atoms with Gasteiger partial charge in [-0.15, -0.1) is 11.3 Å². The van der Waals surface area contributed by atoms with Crippen LogP contribution in [0.15, 0.2) is 59.7 Å². The second-order valence-electron chi connectivity index (χ2n) is 8.88. The van der Waals surface area contributed by atoms with Gasteiger partial charge in [0.1, 0.15) is 10.6 Å². The molecule has 0 amide bonds. The molecule has 0 aliphatic heterocycles. The molecular weight excluding hydrogens is 421 g/mol. The summed E-state index contributed by atoms with van der Waals surface area (Å²) in [6.45, 7) is 0.519. The minimum absolute atomic E-state index is 0.100. The third-order valence-electron chi connectivity index (χ3n) is 6.96. The first-order valence-corrected chi connectivity index (χ1v) is 12.0. The van der Waals surface area contributed by atoms with Crippen molar-refractivity contribution in [2.24, 2.45) is 0 Å². The van der Waals surface area contributed by atoms with E-state index in [1.807, 2.05) is 16.7 Å². The van der Waals surface area contributed by atoms with E-state index in [1.165, 1.54) is 27.6 Å².